The van der Waals surface area contributed by atoms with Crippen LogP contribution in [0, 0.1) is 0 Å². The van der Waals surface area contributed by atoms with Gasteiger partial charge in [0.15, 0.2) is 5.60 Å². The number of cyclic esters (lactones) is 1. The summed E-state index contributed by atoms with van der Waals surface area (Å²) in [7, 11) is 0. The lowest BCUT2D eigenvalue weighted by atomic mass is 9.78. The van der Waals surface area contributed by atoms with E-state index in [0.29, 0.717) is 6.42 Å². The molecule has 1 aliphatic rings. The van der Waals surface area contributed by atoms with Crippen LogP contribution in [0.2, 0.25) is 0 Å². The number of esters is 1. The van der Waals surface area contributed by atoms with Crippen molar-refractivity contribution in [3.8, 4) is 0 Å². The fraction of sp³-hybridized carbons (Fsp3) is 0.115. The average molecular weight is 364 g/mol. The van der Waals surface area contributed by atoms with Crippen LogP contribution in [0.15, 0.2) is 103 Å². The van der Waals surface area contributed by atoms with E-state index in [1.165, 1.54) is 0 Å². The van der Waals surface area contributed by atoms with Gasteiger partial charge in [0, 0.05) is 17.5 Å². The zero-order valence-electron chi connectivity index (χ0n) is 15.4. The summed E-state index contributed by atoms with van der Waals surface area (Å²) in [6.45, 7) is 0. The SMILES string of the molecule is O=C1O[C@@](c2ccccc2)(c2cccc3ccccc23)C[C@H]1c1ccccc1. The maximum absolute atomic E-state index is 13.1. The Morgan fingerprint density at radius 3 is 2.14 bits per heavy atom. The van der Waals surface area contributed by atoms with Crippen molar-refractivity contribution in [1.29, 1.82) is 0 Å². The van der Waals surface area contributed by atoms with Crippen molar-refractivity contribution in [2.75, 3.05) is 0 Å². The van der Waals surface area contributed by atoms with Crippen LogP contribution >= 0.6 is 0 Å². The minimum absolute atomic E-state index is 0.164. The Labute approximate surface area is 164 Å². The van der Waals surface area contributed by atoms with Crippen LogP contribution in [-0.4, -0.2) is 5.97 Å². The van der Waals surface area contributed by atoms with Crippen molar-refractivity contribution in [3.05, 3.63) is 120 Å². The first-order chi connectivity index (χ1) is 13.8. The predicted molar refractivity (Wildman–Crippen MR) is 111 cm³/mol. The first-order valence-corrected chi connectivity index (χ1v) is 9.59. The van der Waals surface area contributed by atoms with E-state index < -0.39 is 5.60 Å². The Bertz CT molecular complexity index is 1130. The molecule has 0 amide bonds. The van der Waals surface area contributed by atoms with Gasteiger partial charge in [-0.25, -0.2) is 0 Å². The summed E-state index contributed by atoms with van der Waals surface area (Å²) in [5.41, 5.74) is 2.27. The van der Waals surface area contributed by atoms with Gasteiger partial charge in [0.25, 0.3) is 0 Å². The highest BCUT2D eigenvalue weighted by Gasteiger charge is 2.50. The molecular formula is C26H20O2. The molecule has 2 heteroatoms. The molecule has 0 N–H and O–H groups in total. The van der Waals surface area contributed by atoms with E-state index in [1.807, 2.05) is 66.7 Å². The van der Waals surface area contributed by atoms with Gasteiger partial charge in [-0.05, 0) is 16.3 Å². The molecule has 0 radical (unpaired) electrons. The maximum Gasteiger partial charge on any atom is 0.314 e. The highest BCUT2D eigenvalue weighted by atomic mass is 16.6. The Morgan fingerprint density at radius 1 is 0.714 bits per heavy atom. The van der Waals surface area contributed by atoms with Crippen LogP contribution in [0.25, 0.3) is 10.8 Å². The Kier molecular flexibility index (Phi) is 3.98. The van der Waals surface area contributed by atoms with Crippen molar-refractivity contribution in [2.45, 2.75) is 17.9 Å². The van der Waals surface area contributed by atoms with E-state index in [4.69, 9.17) is 4.74 Å². The van der Waals surface area contributed by atoms with Gasteiger partial charge in [0.1, 0.15) is 0 Å². The van der Waals surface area contributed by atoms with E-state index in [1.54, 1.807) is 0 Å². The molecule has 1 fully saturated rings. The zero-order valence-corrected chi connectivity index (χ0v) is 15.4. The first-order valence-electron chi connectivity index (χ1n) is 9.59. The average Bonchev–Trinajstić information content (AvgIpc) is 3.13. The lowest BCUT2D eigenvalue weighted by Gasteiger charge is -2.30. The van der Waals surface area contributed by atoms with Crippen molar-refractivity contribution in [3.63, 3.8) is 0 Å². The Balaban J connectivity index is 1.73. The molecule has 0 bridgehead atoms. The van der Waals surface area contributed by atoms with Crippen molar-refractivity contribution < 1.29 is 9.53 Å². The van der Waals surface area contributed by atoms with Gasteiger partial charge in [0.05, 0.1) is 5.92 Å². The molecular weight excluding hydrogens is 344 g/mol. The molecule has 5 rings (SSSR count). The number of benzene rings is 4. The van der Waals surface area contributed by atoms with Crippen LogP contribution in [0.1, 0.15) is 29.0 Å². The van der Waals surface area contributed by atoms with Crippen LogP contribution in [0.5, 0.6) is 0 Å². The van der Waals surface area contributed by atoms with Gasteiger partial charge in [-0.3, -0.25) is 4.79 Å². The molecule has 0 aromatic heterocycles. The van der Waals surface area contributed by atoms with Gasteiger partial charge in [-0.1, -0.05) is 103 Å². The zero-order chi connectivity index (χ0) is 19.0. The number of fused-ring (bicyclic) bond motifs is 1. The molecule has 28 heavy (non-hydrogen) atoms. The van der Waals surface area contributed by atoms with Crippen LogP contribution in [0.4, 0.5) is 0 Å². The largest absolute Gasteiger partial charge is 0.449 e. The van der Waals surface area contributed by atoms with E-state index in [-0.39, 0.29) is 11.9 Å². The number of carbonyl (C=O) groups excluding carboxylic acids is 1. The monoisotopic (exact) mass is 364 g/mol. The summed E-state index contributed by atoms with van der Waals surface area (Å²) in [5, 5.41) is 2.27. The predicted octanol–water partition coefficient (Wildman–Crippen LogP) is 5.81. The van der Waals surface area contributed by atoms with Gasteiger partial charge in [-0.15, -0.1) is 0 Å². The first kappa shape index (κ1) is 16.8. The van der Waals surface area contributed by atoms with Crippen molar-refractivity contribution in [1.82, 2.24) is 0 Å². The van der Waals surface area contributed by atoms with E-state index >= 15 is 0 Å². The summed E-state index contributed by atoms with van der Waals surface area (Å²) >= 11 is 0. The number of hydrogen-bond donors (Lipinski definition) is 0. The summed E-state index contributed by atoms with van der Waals surface area (Å²) in [6, 6.07) is 34.6. The molecule has 1 heterocycles. The normalized spacial score (nSPS) is 21.6. The molecule has 1 saturated heterocycles. The summed E-state index contributed by atoms with van der Waals surface area (Å²) in [5.74, 6) is -0.441. The molecule has 4 aromatic carbocycles. The maximum atomic E-state index is 13.1. The smallest absolute Gasteiger partial charge is 0.314 e. The van der Waals surface area contributed by atoms with Crippen molar-refractivity contribution >= 4 is 16.7 Å². The second-order valence-corrected chi connectivity index (χ2v) is 7.31. The minimum Gasteiger partial charge on any atom is -0.449 e. The summed E-state index contributed by atoms with van der Waals surface area (Å²) in [6.07, 6.45) is 0.591. The topological polar surface area (TPSA) is 26.3 Å². The highest BCUT2D eigenvalue weighted by Crippen LogP contribution is 2.50. The molecule has 1 aliphatic heterocycles. The fourth-order valence-electron chi connectivity index (χ4n) is 4.38. The van der Waals surface area contributed by atoms with Gasteiger partial charge >= 0.3 is 5.97 Å². The second-order valence-electron chi connectivity index (χ2n) is 7.31. The van der Waals surface area contributed by atoms with Gasteiger partial charge in [0.2, 0.25) is 0 Å². The van der Waals surface area contributed by atoms with Crippen LogP contribution < -0.4 is 0 Å². The van der Waals surface area contributed by atoms with E-state index in [9.17, 15) is 4.79 Å². The molecule has 0 spiro atoms. The Hall–Kier alpha value is -3.39. The standard InChI is InChI=1S/C26H20O2/c27-25-23(20-10-3-1-4-11-20)18-26(28-25,21-14-5-2-6-15-21)24-17-9-13-19-12-7-8-16-22(19)24/h1-17,23H,18H2/t23-,26-/m0/s1. The molecule has 2 atom stereocenters. The number of hydrogen-bond acceptors (Lipinski definition) is 2. The lowest BCUT2D eigenvalue weighted by molar-refractivity contribution is -0.147. The molecule has 0 unspecified atom stereocenters. The van der Waals surface area contributed by atoms with E-state index in [0.717, 1.165) is 27.5 Å². The van der Waals surface area contributed by atoms with Crippen LogP contribution in [0.3, 0.4) is 0 Å². The molecule has 0 aliphatic carbocycles. The third-order valence-corrected chi connectivity index (χ3v) is 5.72. The van der Waals surface area contributed by atoms with Crippen molar-refractivity contribution in [2.24, 2.45) is 0 Å². The molecule has 0 saturated carbocycles. The second kappa shape index (κ2) is 6.65. The highest BCUT2D eigenvalue weighted by molar-refractivity contribution is 5.89. The van der Waals surface area contributed by atoms with E-state index in [2.05, 4.69) is 36.4 Å². The third-order valence-electron chi connectivity index (χ3n) is 5.72. The quantitative estimate of drug-likeness (QED) is 0.429. The summed E-state index contributed by atoms with van der Waals surface area (Å²) < 4.78 is 6.26. The van der Waals surface area contributed by atoms with Gasteiger partial charge < -0.3 is 4.74 Å². The summed E-state index contributed by atoms with van der Waals surface area (Å²) in [4.78, 5) is 13.1. The number of rotatable bonds is 3. The number of ether oxygens (including phenoxy) is 1. The minimum atomic E-state index is -0.792. The molecule has 136 valence electrons. The van der Waals surface area contributed by atoms with Crippen LogP contribution in [-0.2, 0) is 15.1 Å². The number of carbonyl (C=O) groups is 1. The molecule has 2 nitrogen and oxygen atoms in total. The molecule has 4 aromatic rings. The van der Waals surface area contributed by atoms with Gasteiger partial charge in [-0.2, -0.15) is 0 Å². The Morgan fingerprint density at radius 2 is 1.36 bits per heavy atom. The lowest BCUT2D eigenvalue weighted by Crippen LogP contribution is -2.27. The third kappa shape index (κ3) is 2.61. The fourth-order valence-corrected chi connectivity index (χ4v) is 4.38.